The van der Waals surface area contributed by atoms with E-state index >= 15 is 0 Å². The number of hydrogen-bond donors (Lipinski definition) is 1. The summed E-state index contributed by atoms with van der Waals surface area (Å²) >= 11 is 5.25. The molecule has 2 atom stereocenters. The van der Waals surface area contributed by atoms with Gasteiger partial charge in [-0.25, -0.2) is 4.99 Å². The fraction of sp³-hybridized carbons (Fsp3) is 0.333. The summed E-state index contributed by atoms with van der Waals surface area (Å²) in [4.78, 5) is 32.2. The molecule has 0 fully saturated rings. The Morgan fingerprint density at radius 2 is 1.74 bits per heavy atom. The molecule has 1 N–H and O–H groups in total. The number of aliphatic imine (C=N–C) groups is 1. The Labute approximate surface area is 200 Å². The average Bonchev–Trinajstić information content (AvgIpc) is 2.76. The molecule has 1 aliphatic rings. The number of alkyl halides is 3. The number of carbonyl (C=O) groups excluding carboxylic acids is 1. The minimum atomic E-state index is -4.74. The van der Waals surface area contributed by atoms with E-state index in [0.717, 1.165) is 16.5 Å². The summed E-state index contributed by atoms with van der Waals surface area (Å²) < 4.78 is 41.4. The Balaban J connectivity index is 1.93. The third-order valence-corrected chi connectivity index (χ3v) is 5.93. The van der Waals surface area contributed by atoms with Crippen LogP contribution in [-0.2, 0) is 22.3 Å². The highest BCUT2D eigenvalue weighted by Gasteiger charge is 2.47. The number of aliphatic carboxylic acids is 1. The molecule has 2 aromatic rings. The van der Waals surface area contributed by atoms with E-state index in [9.17, 15) is 27.9 Å². The number of carbonyl (C=O) groups is 2. The van der Waals surface area contributed by atoms with Crippen LogP contribution in [0.25, 0.3) is 0 Å². The molecule has 0 saturated heterocycles. The third-order valence-electron chi connectivity index (χ3n) is 5.64. The summed E-state index contributed by atoms with van der Waals surface area (Å²) in [6.45, 7) is 2.25. The molecule has 0 radical (unpaired) electrons. The fourth-order valence-electron chi connectivity index (χ4n) is 4.06. The summed E-state index contributed by atoms with van der Waals surface area (Å²) in [7, 11) is 1.81. The van der Waals surface area contributed by atoms with Gasteiger partial charge in [0.15, 0.2) is 0 Å². The molecule has 0 aromatic heterocycles. The minimum Gasteiger partial charge on any atom is -0.481 e. The SMILES string of the molecule is CC1=NC(=S)N(C(=O)CCN(C)Cc2ccccc2)C(c2ccccc2C(F)(F)F)C1C(=O)O. The van der Waals surface area contributed by atoms with Crippen molar-refractivity contribution in [3.05, 3.63) is 71.3 Å². The smallest absolute Gasteiger partial charge is 0.416 e. The Kier molecular flexibility index (Phi) is 7.83. The van der Waals surface area contributed by atoms with Crippen molar-refractivity contribution in [2.75, 3.05) is 13.6 Å². The molecule has 0 spiro atoms. The molecule has 34 heavy (non-hydrogen) atoms. The van der Waals surface area contributed by atoms with E-state index in [2.05, 4.69) is 4.99 Å². The highest BCUT2D eigenvalue weighted by Crippen LogP contribution is 2.41. The molecule has 0 aliphatic carbocycles. The lowest BCUT2D eigenvalue weighted by atomic mass is 9.84. The van der Waals surface area contributed by atoms with Gasteiger partial charge in [0.25, 0.3) is 0 Å². The van der Waals surface area contributed by atoms with Crippen LogP contribution >= 0.6 is 12.2 Å². The van der Waals surface area contributed by atoms with Crippen LogP contribution < -0.4 is 0 Å². The summed E-state index contributed by atoms with van der Waals surface area (Å²) in [5, 5.41) is 9.61. The average molecular weight is 492 g/mol. The van der Waals surface area contributed by atoms with Crippen molar-refractivity contribution in [1.82, 2.24) is 9.80 Å². The minimum absolute atomic E-state index is 0.0460. The predicted molar refractivity (Wildman–Crippen MR) is 125 cm³/mol. The maximum absolute atomic E-state index is 13.8. The van der Waals surface area contributed by atoms with Gasteiger partial charge in [-0.15, -0.1) is 0 Å². The van der Waals surface area contributed by atoms with Crippen LogP contribution in [0, 0.1) is 5.92 Å². The number of nitrogens with zero attached hydrogens (tertiary/aromatic N) is 3. The Morgan fingerprint density at radius 3 is 2.35 bits per heavy atom. The zero-order valence-electron chi connectivity index (χ0n) is 18.6. The lowest BCUT2D eigenvalue weighted by molar-refractivity contribution is -0.145. The lowest BCUT2D eigenvalue weighted by Crippen LogP contribution is -2.50. The normalized spacial score (nSPS) is 18.7. The van der Waals surface area contributed by atoms with Crippen molar-refractivity contribution in [3.8, 4) is 0 Å². The molecule has 180 valence electrons. The van der Waals surface area contributed by atoms with E-state index < -0.39 is 35.6 Å². The molecular weight excluding hydrogens is 467 g/mol. The molecule has 1 aliphatic heterocycles. The van der Waals surface area contributed by atoms with E-state index in [1.54, 1.807) is 0 Å². The van der Waals surface area contributed by atoms with Gasteiger partial charge < -0.3 is 10.0 Å². The number of carboxylic acid groups (broad SMARTS) is 1. The second-order valence-electron chi connectivity index (χ2n) is 8.12. The van der Waals surface area contributed by atoms with E-state index in [4.69, 9.17) is 12.2 Å². The van der Waals surface area contributed by atoms with Crippen molar-refractivity contribution in [2.24, 2.45) is 10.9 Å². The summed E-state index contributed by atoms with van der Waals surface area (Å²) in [5.74, 6) is -3.44. The number of carboxylic acids is 1. The second-order valence-corrected chi connectivity index (χ2v) is 8.48. The van der Waals surface area contributed by atoms with Crippen LogP contribution in [0.5, 0.6) is 0 Å². The lowest BCUT2D eigenvalue weighted by Gasteiger charge is -2.39. The van der Waals surface area contributed by atoms with Crippen LogP contribution in [0.15, 0.2) is 59.6 Å². The van der Waals surface area contributed by atoms with Crippen molar-refractivity contribution >= 4 is 34.9 Å². The van der Waals surface area contributed by atoms with Gasteiger partial charge in [0.05, 0.1) is 11.6 Å². The maximum Gasteiger partial charge on any atom is 0.416 e. The number of amides is 1. The number of thiocarbonyl (C=S) groups is 1. The highest BCUT2D eigenvalue weighted by atomic mass is 32.1. The van der Waals surface area contributed by atoms with Gasteiger partial charge in [0.2, 0.25) is 11.0 Å². The topological polar surface area (TPSA) is 73.2 Å². The van der Waals surface area contributed by atoms with Gasteiger partial charge in [-0.05, 0) is 43.4 Å². The van der Waals surface area contributed by atoms with Gasteiger partial charge >= 0.3 is 12.1 Å². The highest BCUT2D eigenvalue weighted by molar-refractivity contribution is 7.80. The third kappa shape index (κ3) is 5.68. The maximum atomic E-state index is 13.8. The first-order chi connectivity index (χ1) is 16.0. The van der Waals surface area contributed by atoms with Crippen LogP contribution in [0.4, 0.5) is 13.2 Å². The van der Waals surface area contributed by atoms with Crippen molar-refractivity contribution in [3.63, 3.8) is 0 Å². The largest absolute Gasteiger partial charge is 0.481 e. The molecule has 10 heteroatoms. The first kappa shape index (κ1) is 25.5. The summed E-state index contributed by atoms with van der Waals surface area (Å²) in [6.07, 6.45) is -4.82. The monoisotopic (exact) mass is 491 g/mol. The number of hydrogen-bond acceptors (Lipinski definition) is 4. The molecular formula is C24H24F3N3O3S. The molecule has 3 rings (SSSR count). The van der Waals surface area contributed by atoms with E-state index in [1.807, 2.05) is 42.3 Å². The van der Waals surface area contributed by atoms with Crippen LogP contribution in [-0.4, -0.2) is 51.2 Å². The van der Waals surface area contributed by atoms with Crippen molar-refractivity contribution < 1.29 is 27.9 Å². The zero-order valence-corrected chi connectivity index (χ0v) is 19.4. The van der Waals surface area contributed by atoms with Gasteiger partial charge in [-0.2, -0.15) is 13.2 Å². The fourth-order valence-corrected chi connectivity index (χ4v) is 4.42. The van der Waals surface area contributed by atoms with Gasteiger partial charge in [-0.3, -0.25) is 14.5 Å². The predicted octanol–water partition coefficient (Wildman–Crippen LogP) is 4.56. The van der Waals surface area contributed by atoms with Crippen molar-refractivity contribution in [2.45, 2.75) is 32.1 Å². The summed E-state index contributed by atoms with van der Waals surface area (Å²) in [5.41, 5.74) is -0.258. The summed E-state index contributed by atoms with van der Waals surface area (Å²) in [6, 6.07) is 12.8. The Hall–Kier alpha value is -3.11. The zero-order chi connectivity index (χ0) is 25.0. The van der Waals surface area contributed by atoms with E-state index in [0.29, 0.717) is 13.1 Å². The molecule has 0 bridgehead atoms. The van der Waals surface area contributed by atoms with E-state index in [-0.39, 0.29) is 22.8 Å². The second kappa shape index (κ2) is 10.4. The van der Waals surface area contributed by atoms with Crippen LogP contribution in [0.1, 0.15) is 36.1 Å². The van der Waals surface area contributed by atoms with Crippen molar-refractivity contribution in [1.29, 1.82) is 0 Å². The first-order valence-corrected chi connectivity index (χ1v) is 10.9. The molecule has 1 heterocycles. The van der Waals surface area contributed by atoms with Crippen LogP contribution in [0.2, 0.25) is 0 Å². The number of rotatable bonds is 7. The first-order valence-electron chi connectivity index (χ1n) is 10.5. The molecule has 6 nitrogen and oxygen atoms in total. The van der Waals surface area contributed by atoms with Gasteiger partial charge in [-0.1, -0.05) is 48.5 Å². The standard InChI is InChI=1S/C24H24F3N3O3S/c1-15-20(22(32)33)21(17-10-6-7-11-18(17)24(25,26)27)30(23(34)28-15)19(31)12-13-29(2)14-16-8-4-3-5-9-16/h3-11,20-21H,12-14H2,1-2H3,(H,32,33). The molecule has 2 unspecified atom stereocenters. The molecule has 0 saturated carbocycles. The van der Waals surface area contributed by atoms with Gasteiger partial charge in [0, 0.05) is 25.2 Å². The molecule has 2 aromatic carbocycles. The van der Waals surface area contributed by atoms with E-state index in [1.165, 1.54) is 25.1 Å². The Morgan fingerprint density at radius 1 is 1.12 bits per heavy atom. The quantitative estimate of drug-likeness (QED) is 0.575. The van der Waals surface area contributed by atoms with Gasteiger partial charge in [0.1, 0.15) is 5.92 Å². The Bertz CT molecular complexity index is 1110. The molecule has 1 amide bonds. The number of halogens is 3. The van der Waals surface area contributed by atoms with Crippen LogP contribution in [0.3, 0.4) is 0 Å². The number of benzene rings is 2.